The van der Waals surface area contributed by atoms with Gasteiger partial charge in [0.05, 0.1) is 10.3 Å². The third kappa shape index (κ3) is 7.32. The number of carbonyl (C=O) groups excluding carboxylic acids is 1. The molecule has 3 aromatic carbocycles. The normalized spacial score (nSPS) is 14.1. The van der Waals surface area contributed by atoms with Crippen LogP contribution in [0.15, 0.2) is 83.8 Å². The second-order valence-corrected chi connectivity index (χ2v) is 10.2. The Hall–Kier alpha value is -3.86. The van der Waals surface area contributed by atoms with Gasteiger partial charge in [-0.3, -0.25) is 9.52 Å². The number of hydrogen-bond acceptors (Lipinski definition) is 4. The van der Waals surface area contributed by atoms with Crippen molar-refractivity contribution in [3.05, 3.63) is 95.6 Å². The Morgan fingerprint density at radius 1 is 0.919 bits per heavy atom. The minimum absolute atomic E-state index is 0.0133. The van der Waals surface area contributed by atoms with Crippen LogP contribution in [-0.4, -0.2) is 31.6 Å². The fraction of sp³-hybridized carbons (Fsp3) is 0.231. The number of alkyl halides is 3. The minimum atomic E-state index is -5.08. The summed E-state index contributed by atoms with van der Waals surface area (Å²) in [6.07, 6.45) is -3.50. The number of aryl methyl sites for hydroxylation is 1. The Kier molecular flexibility index (Phi) is 8.27. The van der Waals surface area contributed by atoms with Crippen LogP contribution in [0, 0.1) is 6.92 Å². The van der Waals surface area contributed by atoms with Gasteiger partial charge in [-0.15, -0.1) is 0 Å². The standard InChI is InChI=1S/C24H24N2O3S.C2HF3O2/c1-18-7-13-22(14-8-18)30(28,29)26-21-11-9-20(10-12-21)24(15-16-24)23(27)25-17-19-5-3-2-4-6-19;3-2(4,5)1(6)7/h2-14,26H,15-17H2,1H3,(H,25,27);(H,6,7). The Labute approximate surface area is 212 Å². The second kappa shape index (κ2) is 11.0. The van der Waals surface area contributed by atoms with Crippen LogP contribution in [0.3, 0.4) is 0 Å². The van der Waals surface area contributed by atoms with Crippen LogP contribution in [0.1, 0.15) is 29.5 Å². The third-order valence-electron chi connectivity index (χ3n) is 5.74. The summed E-state index contributed by atoms with van der Waals surface area (Å²) in [4.78, 5) is 21.9. The zero-order valence-corrected chi connectivity index (χ0v) is 20.6. The van der Waals surface area contributed by atoms with E-state index in [9.17, 15) is 26.4 Å². The first-order valence-corrected chi connectivity index (χ1v) is 12.6. The average Bonchev–Trinajstić information content (AvgIpc) is 3.66. The molecule has 0 unspecified atom stereocenters. The minimum Gasteiger partial charge on any atom is -0.475 e. The van der Waals surface area contributed by atoms with Crippen LogP contribution in [0.2, 0.25) is 0 Å². The number of halogens is 3. The van der Waals surface area contributed by atoms with Crippen LogP contribution < -0.4 is 10.0 Å². The fourth-order valence-corrected chi connectivity index (χ4v) is 4.57. The molecule has 4 rings (SSSR count). The fourth-order valence-electron chi connectivity index (χ4n) is 3.51. The molecular weight excluding hydrogens is 509 g/mol. The van der Waals surface area contributed by atoms with Crippen LogP contribution >= 0.6 is 0 Å². The van der Waals surface area contributed by atoms with Gasteiger partial charge in [-0.25, -0.2) is 13.2 Å². The zero-order valence-electron chi connectivity index (χ0n) is 19.7. The van der Waals surface area contributed by atoms with Gasteiger partial charge < -0.3 is 10.4 Å². The number of benzene rings is 3. The van der Waals surface area contributed by atoms with Crippen LogP contribution in [-0.2, 0) is 31.6 Å². The molecule has 3 N–H and O–H groups in total. The summed E-state index contributed by atoms with van der Waals surface area (Å²) in [5, 5.41) is 10.2. The van der Waals surface area contributed by atoms with E-state index in [0.29, 0.717) is 12.2 Å². The van der Waals surface area contributed by atoms with Crippen molar-refractivity contribution in [3.8, 4) is 0 Å². The zero-order chi connectivity index (χ0) is 27.3. The Bertz CT molecular complexity index is 1340. The molecule has 0 heterocycles. The molecule has 0 bridgehead atoms. The summed E-state index contributed by atoms with van der Waals surface area (Å²) in [7, 11) is -3.65. The Morgan fingerprint density at radius 3 is 1.95 bits per heavy atom. The van der Waals surface area contributed by atoms with Crippen LogP contribution in [0.25, 0.3) is 0 Å². The summed E-state index contributed by atoms with van der Waals surface area (Å²) >= 11 is 0. The topological polar surface area (TPSA) is 113 Å². The molecule has 0 spiro atoms. The number of carboxylic acid groups (broad SMARTS) is 1. The van der Waals surface area contributed by atoms with Gasteiger partial charge >= 0.3 is 12.1 Å². The molecule has 0 saturated heterocycles. The van der Waals surface area contributed by atoms with E-state index in [1.165, 1.54) is 0 Å². The van der Waals surface area contributed by atoms with Gasteiger partial charge in [0.2, 0.25) is 5.91 Å². The summed E-state index contributed by atoms with van der Waals surface area (Å²) in [6, 6.07) is 23.6. The van der Waals surface area contributed by atoms with Crippen molar-refractivity contribution in [3.63, 3.8) is 0 Å². The summed E-state index contributed by atoms with van der Waals surface area (Å²) in [5.41, 5.74) is 2.93. The molecule has 1 amide bonds. The second-order valence-electron chi connectivity index (χ2n) is 8.55. The van der Waals surface area contributed by atoms with Crippen molar-refractivity contribution in [1.29, 1.82) is 0 Å². The maximum Gasteiger partial charge on any atom is 0.490 e. The van der Waals surface area contributed by atoms with Gasteiger partial charge in [0.25, 0.3) is 10.0 Å². The van der Waals surface area contributed by atoms with Crippen molar-refractivity contribution >= 4 is 27.6 Å². The van der Waals surface area contributed by atoms with E-state index >= 15 is 0 Å². The molecular formula is C26H25F3N2O5S. The van der Waals surface area contributed by atoms with Gasteiger partial charge in [0, 0.05) is 12.2 Å². The Morgan fingerprint density at radius 2 is 1.46 bits per heavy atom. The number of sulfonamides is 1. The predicted molar refractivity (Wildman–Crippen MR) is 131 cm³/mol. The van der Waals surface area contributed by atoms with Crippen molar-refractivity contribution < 1.29 is 36.3 Å². The molecule has 37 heavy (non-hydrogen) atoms. The van der Waals surface area contributed by atoms with Gasteiger partial charge in [-0.1, -0.05) is 60.2 Å². The molecule has 3 aromatic rings. The molecule has 0 atom stereocenters. The lowest BCUT2D eigenvalue weighted by Gasteiger charge is -2.17. The molecule has 0 radical (unpaired) electrons. The van der Waals surface area contributed by atoms with E-state index in [1.54, 1.807) is 36.4 Å². The van der Waals surface area contributed by atoms with Crippen molar-refractivity contribution in [1.82, 2.24) is 5.32 Å². The van der Waals surface area contributed by atoms with Crippen molar-refractivity contribution in [2.45, 2.75) is 42.8 Å². The van der Waals surface area contributed by atoms with Gasteiger partial charge in [0.15, 0.2) is 0 Å². The van der Waals surface area contributed by atoms with E-state index in [4.69, 9.17) is 9.90 Å². The van der Waals surface area contributed by atoms with Gasteiger partial charge in [0.1, 0.15) is 0 Å². The number of nitrogens with one attached hydrogen (secondary N) is 2. The first kappa shape index (κ1) is 27.7. The molecule has 7 nitrogen and oxygen atoms in total. The van der Waals surface area contributed by atoms with Crippen molar-refractivity contribution in [2.24, 2.45) is 0 Å². The molecule has 1 saturated carbocycles. The number of hydrogen-bond donors (Lipinski definition) is 3. The number of anilines is 1. The number of carbonyl (C=O) groups is 2. The van der Waals surface area contributed by atoms with Crippen LogP contribution in [0.4, 0.5) is 18.9 Å². The summed E-state index contributed by atoms with van der Waals surface area (Å²) < 4.78 is 59.5. The molecule has 1 fully saturated rings. The molecule has 1 aliphatic rings. The highest BCUT2D eigenvalue weighted by Gasteiger charge is 2.51. The molecule has 0 aliphatic heterocycles. The number of aliphatic carboxylic acids is 1. The largest absolute Gasteiger partial charge is 0.490 e. The monoisotopic (exact) mass is 534 g/mol. The smallest absolute Gasteiger partial charge is 0.475 e. The van der Waals surface area contributed by atoms with Gasteiger partial charge in [-0.2, -0.15) is 13.2 Å². The summed E-state index contributed by atoms with van der Waals surface area (Å²) in [6.45, 7) is 2.40. The van der Waals surface area contributed by atoms with E-state index in [-0.39, 0.29) is 10.8 Å². The average molecular weight is 535 g/mol. The number of amides is 1. The first-order chi connectivity index (χ1) is 17.3. The maximum absolute atomic E-state index is 12.8. The number of carboxylic acids is 1. The molecule has 1 aliphatic carbocycles. The van der Waals surface area contributed by atoms with Gasteiger partial charge in [-0.05, 0) is 55.2 Å². The highest BCUT2D eigenvalue weighted by atomic mass is 32.2. The van der Waals surface area contributed by atoms with Crippen LogP contribution in [0.5, 0.6) is 0 Å². The highest BCUT2D eigenvalue weighted by Crippen LogP contribution is 2.48. The summed E-state index contributed by atoms with van der Waals surface area (Å²) in [5.74, 6) is -2.74. The first-order valence-electron chi connectivity index (χ1n) is 11.2. The molecule has 11 heteroatoms. The van der Waals surface area contributed by atoms with E-state index < -0.39 is 27.6 Å². The third-order valence-corrected chi connectivity index (χ3v) is 7.14. The number of rotatable bonds is 7. The highest BCUT2D eigenvalue weighted by molar-refractivity contribution is 7.92. The lowest BCUT2D eigenvalue weighted by Crippen LogP contribution is -2.34. The molecule has 196 valence electrons. The molecule has 0 aromatic heterocycles. The quantitative estimate of drug-likeness (QED) is 0.404. The predicted octanol–water partition coefficient (Wildman–Crippen LogP) is 4.78. The SMILES string of the molecule is Cc1ccc(S(=O)(=O)Nc2ccc(C3(C(=O)NCc4ccccc4)CC3)cc2)cc1.O=C(O)C(F)(F)F. The van der Waals surface area contributed by atoms with Crippen molar-refractivity contribution in [2.75, 3.05) is 4.72 Å². The Balaban J connectivity index is 0.000000479. The van der Waals surface area contributed by atoms with E-state index in [1.807, 2.05) is 49.4 Å². The maximum atomic E-state index is 12.8. The lowest BCUT2D eigenvalue weighted by molar-refractivity contribution is -0.192. The van der Waals surface area contributed by atoms with E-state index in [2.05, 4.69) is 10.0 Å². The van der Waals surface area contributed by atoms with E-state index in [0.717, 1.165) is 29.5 Å². The lowest BCUT2D eigenvalue weighted by atomic mass is 9.94.